The van der Waals surface area contributed by atoms with E-state index in [0.29, 0.717) is 17.8 Å². The van der Waals surface area contributed by atoms with Crippen molar-refractivity contribution in [1.29, 1.82) is 0 Å². The Hall–Kier alpha value is -3.58. The summed E-state index contributed by atoms with van der Waals surface area (Å²) in [6.07, 6.45) is 4.44. The molecule has 0 atom stereocenters. The predicted octanol–water partition coefficient (Wildman–Crippen LogP) is 7.96. The highest BCUT2D eigenvalue weighted by Gasteiger charge is 2.27. The van der Waals surface area contributed by atoms with E-state index in [9.17, 15) is 0 Å². The minimum Gasteiger partial charge on any atom is -0.341 e. The Kier molecular flexibility index (Phi) is 7.67. The maximum atomic E-state index is 5.08. The van der Waals surface area contributed by atoms with Crippen molar-refractivity contribution in [2.24, 2.45) is 0 Å². The molecule has 0 saturated carbocycles. The molecule has 0 amide bonds. The lowest BCUT2D eigenvalue weighted by molar-refractivity contribution is 0.661. The summed E-state index contributed by atoms with van der Waals surface area (Å²) in [6.45, 7) is 6.29. The lowest BCUT2D eigenvalue weighted by Gasteiger charge is -2.32. The minimum absolute atomic E-state index is 0.549. The summed E-state index contributed by atoms with van der Waals surface area (Å²) in [5.74, 6) is 1.89. The average molecular weight is 497 g/mol. The number of nitrogens with zero attached hydrogens (tertiary/aromatic N) is 5. The smallest absolute Gasteiger partial charge is 0.241 e. The number of fused-ring (bicyclic) bond motifs is 2. The van der Waals surface area contributed by atoms with Crippen LogP contribution >= 0.6 is 11.8 Å². The molecular formula is C29H32N6S. The monoisotopic (exact) mass is 496 g/mol. The second-order valence-electron chi connectivity index (χ2n) is 8.82. The Morgan fingerprint density at radius 3 is 1.92 bits per heavy atom. The summed E-state index contributed by atoms with van der Waals surface area (Å²) in [5.41, 5.74) is 3.11. The van der Waals surface area contributed by atoms with Crippen molar-refractivity contribution in [1.82, 2.24) is 15.0 Å². The molecule has 0 unspecified atom stereocenters. The van der Waals surface area contributed by atoms with Gasteiger partial charge in [-0.15, -0.1) is 0 Å². The number of rotatable bonds is 10. The summed E-state index contributed by atoms with van der Waals surface area (Å²) < 4.78 is 0. The molecule has 3 aromatic carbocycles. The Morgan fingerprint density at radius 1 is 0.722 bits per heavy atom. The first kappa shape index (κ1) is 24.1. The Labute approximate surface area is 217 Å². The van der Waals surface area contributed by atoms with Crippen molar-refractivity contribution in [3.05, 3.63) is 78.9 Å². The predicted molar refractivity (Wildman–Crippen MR) is 150 cm³/mol. The minimum atomic E-state index is 0.549. The highest BCUT2D eigenvalue weighted by molar-refractivity contribution is 7.99. The number of para-hydroxylation sites is 3. The van der Waals surface area contributed by atoms with Crippen LogP contribution in [0.25, 0.3) is 0 Å². The number of hydrogen-bond donors (Lipinski definition) is 1. The van der Waals surface area contributed by atoms with Crippen LogP contribution in [0.1, 0.15) is 39.5 Å². The fourth-order valence-corrected chi connectivity index (χ4v) is 5.29. The van der Waals surface area contributed by atoms with E-state index < -0.39 is 0 Å². The van der Waals surface area contributed by atoms with E-state index in [4.69, 9.17) is 15.0 Å². The normalized spacial score (nSPS) is 12.1. The van der Waals surface area contributed by atoms with Crippen molar-refractivity contribution >= 4 is 46.7 Å². The molecule has 4 aromatic rings. The van der Waals surface area contributed by atoms with Gasteiger partial charge in [0.2, 0.25) is 17.8 Å². The van der Waals surface area contributed by atoms with Gasteiger partial charge >= 0.3 is 0 Å². The number of aromatic nitrogens is 3. The van der Waals surface area contributed by atoms with Crippen LogP contribution in [0, 0.1) is 0 Å². The molecule has 2 heterocycles. The molecule has 0 saturated heterocycles. The summed E-state index contributed by atoms with van der Waals surface area (Å²) in [6, 6.07) is 27.0. The second-order valence-corrected chi connectivity index (χ2v) is 9.90. The number of anilines is 6. The van der Waals surface area contributed by atoms with Crippen LogP contribution < -0.4 is 15.1 Å². The van der Waals surface area contributed by atoms with Gasteiger partial charge in [0.25, 0.3) is 0 Å². The van der Waals surface area contributed by atoms with Gasteiger partial charge in [-0.3, -0.25) is 4.90 Å². The van der Waals surface area contributed by atoms with Gasteiger partial charge in [0.05, 0.1) is 11.4 Å². The van der Waals surface area contributed by atoms with Gasteiger partial charge in [0, 0.05) is 28.6 Å². The second kappa shape index (κ2) is 11.4. The number of nitrogens with one attached hydrogen (secondary N) is 1. The molecule has 36 heavy (non-hydrogen) atoms. The van der Waals surface area contributed by atoms with E-state index in [1.54, 1.807) is 11.8 Å². The number of hydrogen-bond acceptors (Lipinski definition) is 7. The SMILES string of the molecule is CCCCN(CCCC)c1nc(Nc2ccccc2)nc(N2c3ccccc3Sc3ccccc32)n1. The molecule has 0 fully saturated rings. The summed E-state index contributed by atoms with van der Waals surface area (Å²) in [5, 5.41) is 3.42. The van der Waals surface area contributed by atoms with E-state index in [1.165, 1.54) is 9.79 Å². The van der Waals surface area contributed by atoms with Gasteiger partial charge in [-0.1, -0.05) is 80.9 Å². The molecule has 0 spiro atoms. The van der Waals surface area contributed by atoms with Crippen LogP contribution in [0.3, 0.4) is 0 Å². The van der Waals surface area contributed by atoms with Gasteiger partial charge in [0.1, 0.15) is 0 Å². The lowest BCUT2D eigenvalue weighted by atomic mass is 10.2. The average Bonchev–Trinajstić information content (AvgIpc) is 2.92. The lowest BCUT2D eigenvalue weighted by Crippen LogP contribution is -2.29. The fraction of sp³-hybridized carbons (Fsp3) is 0.276. The van der Waals surface area contributed by atoms with E-state index in [1.807, 2.05) is 30.3 Å². The van der Waals surface area contributed by atoms with Crippen molar-refractivity contribution in [3.8, 4) is 0 Å². The third kappa shape index (κ3) is 5.31. The number of benzene rings is 3. The van der Waals surface area contributed by atoms with Crippen LogP contribution in [0.15, 0.2) is 88.7 Å². The van der Waals surface area contributed by atoms with E-state index in [-0.39, 0.29) is 0 Å². The zero-order chi connectivity index (χ0) is 24.7. The van der Waals surface area contributed by atoms with Gasteiger partial charge in [-0.05, 0) is 49.2 Å². The summed E-state index contributed by atoms with van der Waals surface area (Å²) in [7, 11) is 0. The van der Waals surface area contributed by atoms with Crippen LogP contribution in [-0.2, 0) is 0 Å². The molecule has 1 aliphatic heterocycles. The third-order valence-electron chi connectivity index (χ3n) is 6.12. The summed E-state index contributed by atoms with van der Waals surface area (Å²) in [4.78, 5) is 21.8. The first-order valence-electron chi connectivity index (χ1n) is 12.8. The van der Waals surface area contributed by atoms with E-state index >= 15 is 0 Å². The molecule has 1 N–H and O–H groups in total. The van der Waals surface area contributed by atoms with Gasteiger partial charge < -0.3 is 10.2 Å². The highest BCUT2D eigenvalue weighted by Crippen LogP contribution is 2.50. The van der Waals surface area contributed by atoms with Crippen LogP contribution in [0.4, 0.5) is 34.9 Å². The first-order valence-corrected chi connectivity index (χ1v) is 13.6. The molecule has 5 rings (SSSR count). The maximum absolute atomic E-state index is 5.08. The van der Waals surface area contributed by atoms with Gasteiger partial charge in [-0.2, -0.15) is 15.0 Å². The standard InChI is InChI=1S/C29H32N6S/c1-3-5-20-34(21-6-4-2)28-31-27(30-22-14-8-7-9-15-22)32-29(33-28)35-23-16-10-12-18-25(23)36-26-19-13-11-17-24(26)35/h7-19H,3-6,20-21H2,1-2H3,(H,30,31,32,33). The number of unbranched alkanes of at least 4 members (excludes halogenated alkanes) is 2. The van der Waals surface area contributed by atoms with Gasteiger partial charge in [-0.25, -0.2) is 0 Å². The van der Waals surface area contributed by atoms with Crippen LogP contribution in [0.5, 0.6) is 0 Å². The van der Waals surface area contributed by atoms with Crippen molar-refractivity contribution in [3.63, 3.8) is 0 Å². The summed E-state index contributed by atoms with van der Waals surface area (Å²) >= 11 is 1.78. The maximum Gasteiger partial charge on any atom is 0.241 e. The molecular weight excluding hydrogens is 464 g/mol. The fourth-order valence-electron chi connectivity index (χ4n) is 4.23. The molecule has 1 aliphatic rings. The van der Waals surface area contributed by atoms with E-state index in [0.717, 1.165) is 55.8 Å². The third-order valence-corrected chi connectivity index (χ3v) is 7.25. The van der Waals surface area contributed by atoms with Crippen LogP contribution in [-0.4, -0.2) is 28.0 Å². The zero-order valence-electron chi connectivity index (χ0n) is 20.9. The van der Waals surface area contributed by atoms with Crippen molar-refractivity contribution in [2.75, 3.05) is 28.2 Å². The molecule has 0 radical (unpaired) electrons. The topological polar surface area (TPSA) is 57.2 Å². The first-order chi connectivity index (χ1) is 17.8. The van der Waals surface area contributed by atoms with Gasteiger partial charge in [0.15, 0.2) is 0 Å². The van der Waals surface area contributed by atoms with E-state index in [2.05, 4.69) is 77.5 Å². The highest BCUT2D eigenvalue weighted by atomic mass is 32.2. The molecule has 0 bridgehead atoms. The Morgan fingerprint density at radius 2 is 1.31 bits per heavy atom. The molecule has 1 aromatic heterocycles. The molecule has 6 nitrogen and oxygen atoms in total. The molecule has 184 valence electrons. The Bertz CT molecular complexity index is 1240. The van der Waals surface area contributed by atoms with Crippen molar-refractivity contribution < 1.29 is 0 Å². The van der Waals surface area contributed by atoms with Crippen molar-refractivity contribution in [2.45, 2.75) is 49.3 Å². The van der Waals surface area contributed by atoms with Crippen LogP contribution in [0.2, 0.25) is 0 Å². The Balaban J connectivity index is 1.64. The quantitative estimate of drug-likeness (QED) is 0.210. The largest absolute Gasteiger partial charge is 0.341 e. The zero-order valence-corrected chi connectivity index (χ0v) is 21.7. The molecule has 0 aliphatic carbocycles. The molecule has 7 heteroatoms.